The quantitative estimate of drug-likeness (QED) is 0.478. The summed E-state index contributed by atoms with van der Waals surface area (Å²) in [5, 5.41) is 3.13. The lowest BCUT2D eigenvalue weighted by Crippen LogP contribution is -2.20. The molecule has 0 unspecified atom stereocenters. The molecule has 26 heavy (non-hydrogen) atoms. The Balaban J connectivity index is 2.04. The van der Waals surface area contributed by atoms with Crippen molar-refractivity contribution in [2.75, 3.05) is 17.8 Å². The van der Waals surface area contributed by atoms with Crippen molar-refractivity contribution < 1.29 is 8.42 Å². The largest absolute Gasteiger partial charge is 0.290 e. The Morgan fingerprint density at radius 1 is 1.23 bits per heavy atom. The van der Waals surface area contributed by atoms with Gasteiger partial charge in [0.2, 0.25) is 0 Å². The molecule has 0 atom stereocenters. The molecule has 0 fully saturated rings. The van der Waals surface area contributed by atoms with Gasteiger partial charge in [-0.3, -0.25) is 9.36 Å². The number of hydrogen-bond donors (Lipinski definition) is 0. The number of benzene rings is 1. The lowest BCUT2D eigenvalue weighted by molar-refractivity contribution is 0.603. The highest BCUT2D eigenvalue weighted by Gasteiger charge is 2.16. The van der Waals surface area contributed by atoms with E-state index in [0.717, 1.165) is 11.1 Å². The molecule has 0 saturated heterocycles. The zero-order valence-corrected chi connectivity index (χ0v) is 17.5. The SMILES string of the molecule is Cc1ccc(-c2csc3nc(SCCS(C)(=O)=O)n(C)c(=O)c23)cc1C. The maximum absolute atomic E-state index is 12.9. The number of fused-ring (bicyclic) bond motifs is 1. The molecular weight excluding hydrogens is 388 g/mol. The first-order valence-corrected chi connectivity index (χ1v) is 12.0. The highest BCUT2D eigenvalue weighted by Crippen LogP contribution is 2.32. The second kappa shape index (κ2) is 7.17. The Kier molecular flexibility index (Phi) is 5.28. The van der Waals surface area contributed by atoms with Crippen LogP contribution in [0.3, 0.4) is 0 Å². The number of hydrogen-bond acceptors (Lipinski definition) is 6. The van der Waals surface area contributed by atoms with E-state index in [-0.39, 0.29) is 11.3 Å². The van der Waals surface area contributed by atoms with Crippen LogP contribution in [-0.4, -0.2) is 35.7 Å². The van der Waals surface area contributed by atoms with Gasteiger partial charge in [0.15, 0.2) is 5.16 Å². The van der Waals surface area contributed by atoms with Crippen molar-refractivity contribution in [1.82, 2.24) is 9.55 Å². The van der Waals surface area contributed by atoms with Gasteiger partial charge in [0, 0.05) is 30.0 Å². The number of rotatable bonds is 5. The van der Waals surface area contributed by atoms with Gasteiger partial charge in [-0.15, -0.1) is 11.3 Å². The van der Waals surface area contributed by atoms with Gasteiger partial charge in [-0.1, -0.05) is 30.0 Å². The van der Waals surface area contributed by atoms with E-state index in [1.54, 1.807) is 7.05 Å². The summed E-state index contributed by atoms with van der Waals surface area (Å²) >= 11 is 2.73. The van der Waals surface area contributed by atoms with Gasteiger partial charge in [0.1, 0.15) is 14.7 Å². The van der Waals surface area contributed by atoms with Crippen LogP contribution in [0.1, 0.15) is 11.1 Å². The van der Waals surface area contributed by atoms with Crippen LogP contribution in [0.4, 0.5) is 0 Å². The monoisotopic (exact) mass is 408 g/mol. The normalized spacial score (nSPS) is 12.0. The molecule has 0 aliphatic rings. The maximum atomic E-state index is 12.9. The summed E-state index contributed by atoms with van der Waals surface area (Å²) in [4.78, 5) is 18.2. The fourth-order valence-electron chi connectivity index (χ4n) is 2.59. The van der Waals surface area contributed by atoms with E-state index in [1.807, 2.05) is 11.4 Å². The van der Waals surface area contributed by atoms with Crippen molar-refractivity contribution in [3.8, 4) is 11.1 Å². The second-order valence-corrected chi connectivity index (χ2v) is 10.5. The minimum Gasteiger partial charge on any atom is -0.290 e. The first-order chi connectivity index (χ1) is 12.2. The summed E-state index contributed by atoms with van der Waals surface area (Å²) in [5.41, 5.74) is 4.19. The lowest BCUT2D eigenvalue weighted by atomic mass is 10.0. The molecule has 0 aliphatic carbocycles. The van der Waals surface area contributed by atoms with Crippen LogP contribution in [0.15, 0.2) is 33.5 Å². The summed E-state index contributed by atoms with van der Waals surface area (Å²) in [5.74, 6) is 0.434. The molecule has 138 valence electrons. The van der Waals surface area contributed by atoms with Gasteiger partial charge < -0.3 is 0 Å². The van der Waals surface area contributed by atoms with Crippen molar-refractivity contribution in [3.05, 3.63) is 45.1 Å². The van der Waals surface area contributed by atoms with Gasteiger partial charge in [0.05, 0.1) is 11.1 Å². The Hall–Kier alpha value is -1.64. The van der Waals surface area contributed by atoms with Gasteiger partial charge in [-0.2, -0.15) is 0 Å². The van der Waals surface area contributed by atoms with Crippen LogP contribution in [0.5, 0.6) is 0 Å². The van der Waals surface area contributed by atoms with Gasteiger partial charge >= 0.3 is 0 Å². The molecule has 0 amide bonds. The Labute approximate surface area is 161 Å². The van der Waals surface area contributed by atoms with Crippen LogP contribution < -0.4 is 5.56 Å². The third kappa shape index (κ3) is 3.87. The molecule has 2 aromatic heterocycles. The predicted octanol–water partition coefficient (Wildman–Crippen LogP) is 3.42. The van der Waals surface area contributed by atoms with Gasteiger partial charge in [-0.25, -0.2) is 13.4 Å². The van der Waals surface area contributed by atoms with E-state index >= 15 is 0 Å². The summed E-state index contributed by atoms with van der Waals surface area (Å²) in [6, 6.07) is 6.17. The van der Waals surface area contributed by atoms with Crippen LogP contribution in [0.2, 0.25) is 0 Å². The molecule has 8 heteroatoms. The summed E-state index contributed by atoms with van der Waals surface area (Å²) in [7, 11) is -1.35. The Morgan fingerprint density at radius 2 is 1.96 bits per heavy atom. The van der Waals surface area contributed by atoms with Crippen molar-refractivity contribution in [2.24, 2.45) is 7.05 Å². The third-order valence-corrected chi connectivity index (χ3v) is 7.39. The number of nitrogens with zero attached hydrogens (tertiary/aromatic N) is 2. The zero-order chi connectivity index (χ0) is 19.1. The molecule has 0 spiro atoms. The molecular formula is C18H20N2O3S3. The second-order valence-electron chi connectivity index (χ2n) is 6.37. The zero-order valence-electron chi connectivity index (χ0n) is 15.1. The average molecular weight is 409 g/mol. The van der Waals surface area contributed by atoms with Crippen molar-refractivity contribution in [1.29, 1.82) is 0 Å². The van der Waals surface area contributed by atoms with E-state index in [0.29, 0.717) is 21.1 Å². The number of thiophene rings is 1. The van der Waals surface area contributed by atoms with E-state index in [1.165, 1.54) is 45.0 Å². The van der Waals surface area contributed by atoms with Crippen LogP contribution in [-0.2, 0) is 16.9 Å². The lowest BCUT2D eigenvalue weighted by Gasteiger charge is -2.08. The topological polar surface area (TPSA) is 69.0 Å². The molecule has 0 saturated carbocycles. The third-order valence-electron chi connectivity index (χ3n) is 4.28. The van der Waals surface area contributed by atoms with E-state index in [9.17, 15) is 13.2 Å². The van der Waals surface area contributed by atoms with E-state index in [4.69, 9.17) is 0 Å². The Morgan fingerprint density at radius 3 is 2.62 bits per heavy atom. The van der Waals surface area contributed by atoms with Crippen molar-refractivity contribution in [3.63, 3.8) is 0 Å². The Bertz CT molecular complexity index is 1140. The maximum Gasteiger partial charge on any atom is 0.263 e. The summed E-state index contributed by atoms with van der Waals surface area (Å²) in [6.07, 6.45) is 1.21. The molecule has 2 heterocycles. The first kappa shape index (κ1) is 19.1. The average Bonchev–Trinajstić information content (AvgIpc) is 2.97. The number of aryl methyl sites for hydroxylation is 2. The van der Waals surface area contributed by atoms with Crippen molar-refractivity contribution >= 4 is 43.2 Å². The minimum atomic E-state index is -3.03. The standard InChI is InChI=1S/C18H20N2O3S3/c1-11-5-6-13(9-12(11)2)14-10-25-16-15(14)17(21)20(3)18(19-16)24-7-8-26(4,22)23/h5-6,9-10H,7-8H2,1-4H3. The number of sulfone groups is 1. The van der Waals surface area contributed by atoms with E-state index in [2.05, 4.69) is 31.0 Å². The molecule has 3 rings (SSSR count). The molecule has 0 N–H and O–H groups in total. The number of thioether (sulfide) groups is 1. The van der Waals surface area contributed by atoms with Crippen LogP contribution in [0.25, 0.3) is 21.3 Å². The molecule has 1 aromatic carbocycles. The number of aromatic nitrogens is 2. The van der Waals surface area contributed by atoms with Crippen molar-refractivity contribution in [2.45, 2.75) is 19.0 Å². The highest BCUT2D eigenvalue weighted by atomic mass is 32.2. The molecule has 5 nitrogen and oxygen atoms in total. The minimum absolute atomic E-state index is 0.0594. The molecule has 0 aliphatic heterocycles. The first-order valence-electron chi connectivity index (χ1n) is 8.04. The van der Waals surface area contributed by atoms with Crippen LogP contribution in [0, 0.1) is 13.8 Å². The summed E-state index contributed by atoms with van der Waals surface area (Å²) < 4.78 is 24.1. The molecule has 0 radical (unpaired) electrons. The fourth-order valence-corrected chi connectivity index (χ4v) is 5.74. The van der Waals surface area contributed by atoms with Gasteiger partial charge in [0.25, 0.3) is 5.56 Å². The molecule has 3 aromatic rings. The fraction of sp³-hybridized carbons (Fsp3) is 0.333. The molecule has 0 bridgehead atoms. The highest BCUT2D eigenvalue weighted by molar-refractivity contribution is 8.00. The van der Waals surface area contributed by atoms with E-state index < -0.39 is 9.84 Å². The summed E-state index contributed by atoms with van der Waals surface area (Å²) in [6.45, 7) is 4.12. The smallest absolute Gasteiger partial charge is 0.263 e. The predicted molar refractivity (Wildman–Crippen MR) is 110 cm³/mol. The van der Waals surface area contributed by atoms with Gasteiger partial charge in [-0.05, 0) is 30.5 Å². The van der Waals surface area contributed by atoms with Crippen LogP contribution >= 0.6 is 23.1 Å².